The zero-order chi connectivity index (χ0) is 31.4. The summed E-state index contributed by atoms with van der Waals surface area (Å²) in [4.78, 5) is 5.01. The first-order chi connectivity index (χ1) is 22.5. The lowest BCUT2D eigenvalue weighted by Gasteiger charge is -2.22. The number of hydrogen-bond acceptors (Lipinski definition) is 3. The summed E-state index contributed by atoms with van der Waals surface area (Å²) in [5, 5.41) is 2.15. The summed E-state index contributed by atoms with van der Waals surface area (Å²) in [7, 11) is 0. The van der Waals surface area contributed by atoms with Crippen molar-refractivity contribution in [2.45, 2.75) is 39.5 Å². The average molecular weight is 598 g/mol. The number of rotatable bonds is 6. The van der Waals surface area contributed by atoms with E-state index in [1.165, 1.54) is 38.9 Å². The highest BCUT2D eigenvalue weighted by molar-refractivity contribution is 6.09. The molecule has 0 atom stereocenters. The molecule has 224 valence electrons. The third-order valence-corrected chi connectivity index (χ3v) is 9.09. The van der Waals surface area contributed by atoms with Gasteiger partial charge in [-0.1, -0.05) is 137 Å². The fourth-order valence-corrected chi connectivity index (χ4v) is 6.74. The molecule has 8 aromatic rings. The van der Waals surface area contributed by atoms with Crippen molar-refractivity contribution in [2.24, 2.45) is 0 Å². The zero-order valence-corrected chi connectivity index (χ0v) is 26.5. The summed E-state index contributed by atoms with van der Waals surface area (Å²) in [5.74, 6) is 1.18. The van der Waals surface area contributed by atoms with E-state index in [0.29, 0.717) is 17.7 Å². The Morgan fingerprint density at radius 1 is 0.478 bits per heavy atom. The highest BCUT2D eigenvalue weighted by Crippen LogP contribution is 2.44. The molecule has 0 aliphatic rings. The van der Waals surface area contributed by atoms with Crippen LogP contribution in [0.2, 0.25) is 0 Å². The SMILES string of the molecule is CC(C)c1cc(-c2ccc(-c3ccccc3)cc2)cc(C(C)C)c1-c1cccc2nc(-c3cccc4c3oc3ccccc34)oc12. The third kappa shape index (κ3) is 4.71. The molecule has 0 fully saturated rings. The second-order valence-electron chi connectivity index (χ2n) is 12.7. The van der Waals surface area contributed by atoms with Crippen molar-refractivity contribution >= 4 is 33.0 Å². The van der Waals surface area contributed by atoms with E-state index < -0.39 is 0 Å². The fraction of sp³-hybridized carbons (Fsp3) is 0.140. The number of nitrogens with zero attached hydrogens (tertiary/aromatic N) is 1. The Morgan fingerprint density at radius 2 is 1.07 bits per heavy atom. The first-order valence-electron chi connectivity index (χ1n) is 16.1. The van der Waals surface area contributed by atoms with Gasteiger partial charge in [0.05, 0.1) is 5.56 Å². The Bertz CT molecular complexity index is 2330. The predicted octanol–water partition coefficient (Wildman–Crippen LogP) is 12.6. The lowest BCUT2D eigenvalue weighted by molar-refractivity contribution is 0.616. The smallest absolute Gasteiger partial charge is 0.231 e. The molecule has 3 heteroatoms. The van der Waals surface area contributed by atoms with Gasteiger partial charge < -0.3 is 8.83 Å². The Kier molecular flexibility index (Phi) is 6.83. The summed E-state index contributed by atoms with van der Waals surface area (Å²) in [6, 6.07) is 44.9. The van der Waals surface area contributed by atoms with Gasteiger partial charge in [0.25, 0.3) is 0 Å². The van der Waals surface area contributed by atoms with E-state index in [1.807, 2.05) is 36.4 Å². The molecule has 2 heterocycles. The first kappa shape index (κ1) is 28.1. The van der Waals surface area contributed by atoms with Gasteiger partial charge in [0.15, 0.2) is 5.58 Å². The van der Waals surface area contributed by atoms with E-state index in [2.05, 4.69) is 119 Å². The molecule has 0 N–H and O–H groups in total. The molecule has 0 amide bonds. The molecule has 0 radical (unpaired) electrons. The van der Waals surface area contributed by atoms with Gasteiger partial charge in [-0.3, -0.25) is 0 Å². The van der Waals surface area contributed by atoms with Crippen LogP contribution in [-0.4, -0.2) is 4.98 Å². The summed E-state index contributed by atoms with van der Waals surface area (Å²) in [6.45, 7) is 9.11. The first-order valence-corrected chi connectivity index (χ1v) is 16.1. The third-order valence-electron chi connectivity index (χ3n) is 9.09. The maximum atomic E-state index is 6.71. The molecule has 0 saturated carbocycles. The molecular weight excluding hydrogens is 562 g/mol. The highest BCUT2D eigenvalue weighted by atomic mass is 16.4. The summed E-state index contributed by atoms with van der Waals surface area (Å²) in [5.41, 5.74) is 14.0. The van der Waals surface area contributed by atoms with E-state index in [9.17, 15) is 0 Å². The molecule has 0 aliphatic heterocycles. The van der Waals surface area contributed by atoms with Crippen molar-refractivity contribution in [1.82, 2.24) is 4.98 Å². The molecule has 46 heavy (non-hydrogen) atoms. The van der Waals surface area contributed by atoms with E-state index in [0.717, 1.165) is 44.2 Å². The fourth-order valence-electron chi connectivity index (χ4n) is 6.74. The van der Waals surface area contributed by atoms with Gasteiger partial charge in [-0.15, -0.1) is 0 Å². The lowest BCUT2D eigenvalue weighted by atomic mass is 9.82. The highest BCUT2D eigenvalue weighted by Gasteiger charge is 2.23. The number of aromatic nitrogens is 1. The number of benzene rings is 6. The standard InChI is InChI=1S/C43H35NO2/c1-26(2)36-24-31(30-22-20-29(21-23-30)28-12-6-5-7-13-28)25-37(27(3)4)40(36)34-16-11-18-38-42(34)46-43(44-38)35-17-10-15-33-32-14-8-9-19-39(32)45-41(33)35/h5-27H,1-4H3. The van der Waals surface area contributed by atoms with Crippen molar-refractivity contribution in [3.8, 4) is 44.8 Å². The van der Waals surface area contributed by atoms with Crippen LogP contribution >= 0.6 is 0 Å². The van der Waals surface area contributed by atoms with Crippen LogP contribution in [0.1, 0.15) is 50.7 Å². The second-order valence-corrected chi connectivity index (χ2v) is 12.7. The average Bonchev–Trinajstić information content (AvgIpc) is 3.70. The molecule has 8 rings (SSSR count). The van der Waals surface area contributed by atoms with E-state index in [1.54, 1.807) is 0 Å². The van der Waals surface area contributed by atoms with E-state index >= 15 is 0 Å². The van der Waals surface area contributed by atoms with Crippen LogP contribution in [0, 0.1) is 0 Å². The minimum Gasteiger partial charge on any atom is -0.455 e. The minimum atomic E-state index is 0.304. The zero-order valence-electron chi connectivity index (χ0n) is 26.5. The molecule has 2 aromatic heterocycles. The quantitative estimate of drug-likeness (QED) is 0.191. The summed E-state index contributed by atoms with van der Waals surface area (Å²) >= 11 is 0. The Morgan fingerprint density at radius 3 is 1.78 bits per heavy atom. The second kappa shape index (κ2) is 11.2. The molecule has 6 aromatic carbocycles. The molecule has 0 bridgehead atoms. The number of furan rings is 1. The molecule has 3 nitrogen and oxygen atoms in total. The van der Waals surface area contributed by atoms with Gasteiger partial charge in [-0.05, 0) is 69.0 Å². The van der Waals surface area contributed by atoms with E-state index in [4.69, 9.17) is 13.8 Å². The summed E-state index contributed by atoms with van der Waals surface area (Å²) < 4.78 is 13.0. The van der Waals surface area contributed by atoms with Gasteiger partial charge in [0.1, 0.15) is 16.7 Å². The van der Waals surface area contributed by atoms with Gasteiger partial charge in [-0.2, -0.15) is 0 Å². The van der Waals surface area contributed by atoms with Crippen LogP contribution < -0.4 is 0 Å². The lowest BCUT2D eigenvalue weighted by Crippen LogP contribution is -2.01. The Hall–Kier alpha value is -5.41. The number of oxazole rings is 1. The molecule has 0 spiro atoms. The van der Waals surface area contributed by atoms with Crippen LogP contribution in [0.5, 0.6) is 0 Å². The Balaban J connectivity index is 1.28. The maximum absolute atomic E-state index is 6.71. The van der Waals surface area contributed by atoms with Crippen LogP contribution in [0.25, 0.3) is 77.9 Å². The van der Waals surface area contributed by atoms with Gasteiger partial charge in [-0.25, -0.2) is 4.98 Å². The molecule has 0 unspecified atom stereocenters. The van der Waals surface area contributed by atoms with Gasteiger partial charge in [0.2, 0.25) is 5.89 Å². The van der Waals surface area contributed by atoms with Crippen LogP contribution in [-0.2, 0) is 0 Å². The topological polar surface area (TPSA) is 39.2 Å². The van der Waals surface area contributed by atoms with Crippen LogP contribution in [0.4, 0.5) is 0 Å². The van der Waals surface area contributed by atoms with Crippen LogP contribution in [0.15, 0.2) is 136 Å². The largest absolute Gasteiger partial charge is 0.455 e. The number of hydrogen-bond donors (Lipinski definition) is 0. The molecular formula is C43H35NO2. The van der Waals surface area contributed by atoms with Crippen molar-refractivity contribution in [2.75, 3.05) is 0 Å². The van der Waals surface area contributed by atoms with Crippen molar-refractivity contribution in [3.05, 3.63) is 139 Å². The monoisotopic (exact) mass is 597 g/mol. The van der Waals surface area contributed by atoms with Crippen LogP contribution in [0.3, 0.4) is 0 Å². The van der Waals surface area contributed by atoms with Gasteiger partial charge >= 0.3 is 0 Å². The number of para-hydroxylation sites is 3. The predicted molar refractivity (Wildman–Crippen MR) is 191 cm³/mol. The summed E-state index contributed by atoms with van der Waals surface area (Å²) in [6.07, 6.45) is 0. The number of fused-ring (bicyclic) bond motifs is 4. The molecule has 0 saturated heterocycles. The van der Waals surface area contributed by atoms with Crippen molar-refractivity contribution in [3.63, 3.8) is 0 Å². The molecule has 0 aliphatic carbocycles. The maximum Gasteiger partial charge on any atom is 0.231 e. The van der Waals surface area contributed by atoms with E-state index in [-0.39, 0.29) is 0 Å². The van der Waals surface area contributed by atoms with Gasteiger partial charge in [0, 0.05) is 16.3 Å². The minimum absolute atomic E-state index is 0.304. The van der Waals surface area contributed by atoms with Crippen molar-refractivity contribution in [1.29, 1.82) is 0 Å². The normalized spacial score (nSPS) is 11.9. The Labute approximate surface area is 269 Å². The van der Waals surface area contributed by atoms with Crippen molar-refractivity contribution < 1.29 is 8.83 Å².